The van der Waals surface area contributed by atoms with Crippen LogP contribution in [0.15, 0.2) is 0 Å². The van der Waals surface area contributed by atoms with Gasteiger partial charge < -0.3 is 15.8 Å². The molecule has 1 amide bonds. The topological polar surface area (TPSA) is 64.3 Å². The molecular formula is C9H20N2O2. The Morgan fingerprint density at radius 1 is 1.31 bits per heavy atom. The smallest absolute Gasteiger partial charge is 0.408 e. The maximum Gasteiger partial charge on any atom is 0.408 e. The van der Waals surface area contributed by atoms with Gasteiger partial charge in [0.1, 0.15) is 5.60 Å². The van der Waals surface area contributed by atoms with E-state index in [0.29, 0.717) is 6.54 Å². The highest BCUT2D eigenvalue weighted by atomic mass is 16.6. The Morgan fingerprint density at radius 3 is 2.08 bits per heavy atom. The molecule has 13 heavy (non-hydrogen) atoms. The number of ether oxygens (including phenoxy) is 1. The monoisotopic (exact) mass is 188 g/mol. The zero-order chi connectivity index (χ0) is 10.7. The summed E-state index contributed by atoms with van der Waals surface area (Å²) in [6.07, 6.45) is -0.428. The first kappa shape index (κ1) is 12.2. The maximum absolute atomic E-state index is 11.2. The molecule has 0 rings (SSSR count). The molecule has 0 saturated heterocycles. The number of nitrogens with one attached hydrogen (secondary N) is 1. The van der Waals surface area contributed by atoms with Gasteiger partial charge in [-0.3, -0.25) is 0 Å². The van der Waals surface area contributed by atoms with Crippen LogP contribution < -0.4 is 11.1 Å². The SMILES string of the molecule is CC(C)(C)NC(=O)OC(C)(C)CN. The third-order valence-electron chi connectivity index (χ3n) is 1.34. The third-order valence-corrected chi connectivity index (χ3v) is 1.34. The van der Waals surface area contributed by atoms with E-state index in [1.165, 1.54) is 0 Å². The second kappa shape index (κ2) is 3.96. The van der Waals surface area contributed by atoms with Gasteiger partial charge in [-0.1, -0.05) is 0 Å². The van der Waals surface area contributed by atoms with Crippen molar-refractivity contribution in [3.05, 3.63) is 0 Å². The molecular weight excluding hydrogens is 168 g/mol. The first-order chi connectivity index (χ1) is 5.66. The van der Waals surface area contributed by atoms with E-state index < -0.39 is 11.7 Å². The summed E-state index contributed by atoms with van der Waals surface area (Å²) in [6, 6.07) is 0. The molecule has 0 atom stereocenters. The highest BCUT2D eigenvalue weighted by Crippen LogP contribution is 2.08. The van der Waals surface area contributed by atoms with Gasteiger partial charge in [-0.15, -0.1) is 0 Å². The Balaban J connectivity index is 4.03. The Hall–Kier alpha value is -0.770. The largest absolute Gasteiger partial charge is 0.442 e. The van der Waals surface area contributed by atoms with E-state index in [0.717, 1.165) is 0 Å². The zero-order valence-electron chi connectivity index (χ0n) is 9.10. The Kier molecular flexibility index (Phi) is 3.72. The van der Waals surface area contributed by atoms with Crippen molar-refractivity contribution < 1.29 is 9.53 Å². The number of carbonyl (C=O) groups is 1. The Labute approximate surface area is 79.8 Å². The van der Waals surface area contributed by atoms with Crippen LogP contribution in [0.4, 0.5) is 4.79 Å². The molecule has 0 aliphatic carbocycles. The van der Waals surface area contributed by atoms with Crippen molar-refractivity contribution in [3.63, 3.8) is 0 Å². The molecule has 0 aliphatic rings. The third kappa shape index (κ3) is 6.40. The van der Waals surface area contributed by atoms with Crippen molar-refractivity contribution in [2.75, 3.05) is 6.54 Å². The molecule has 0 heterocycles. The molecule has 0 aromatic rings. The molecule has 0 unspecified atom stereocenters. The van der Waals surface area contributed by atoms with Crippen molar-refractivity contribution in [2.45, 2.75) is 45.8 Å². The van der Waals surface area contributed by atoms with Crippen molar-refractivity contribution in [3.8, 4) is 0 Å². The summed E-state index contributed by atoms with van der Waals surface area (Å²) in [6.45, 7) is 9.53. The summed E-state index contributed by atoms with van der Waals surface area (Å²) in [5.41, 5.74) is 4.54. The fourth-order valence-corrected chi connectivity index (χ4v) is 0.624. The number of rotatable bonds is 2. The second-order valence-corrected chi connectivity index (χ2v) is 4.73. The molecule has 0 aromatic carbocycles. The maximum atomic E-state index is 11.2. The first-order valence-corrected chi connectivity index (χ1v) is 4.37. The molecule has 0 bridgehead atoms. The molecule has 0 spiro atoms. The van der Waals surface area contributed by atoms with Gasteiger partial charge in [-0.25, -0.2) is 4.79 Å². The van der Waals surface area contributed by atoms with Gasteiger partial charge in [0.05, 0.1) is 0 Å². The lowest BCUT2D eigenvalue weighted by Gasteiger charge is -2.27. The van der Waals surface area contributed by atoms with Crippen molar-refractivity contribution in [1.82, 2.24) is 5.32 Å². The standard InChI is InChI=1S/C9H20N2O2/c1-8(2,3)11-7(12)13-9(4,5)6-10/h6,10H2,1-5H3,(H,11,12). The molecule has 3 N–H and O–H groups in total. The van der Waals surface area contributed by atoms with E-state index in [1.807, 2.05) is 20.8 Å². The van der Waals surface area contributed by atoms with Crippen LogP contribution in [0, 0.1) is 0 Å². The van der Waals surface area contributed by atoms with Crippen molar-refractivity contribution >= 4 is 6.09 Å². The van der Waals surface area contributed by atoms with Gasteiger partial charge in [0.25, 0.3) is 0 Å². The van der Waals surface area contributed by atoms with Crippen LogP contribution in [0.2, 0.25) is 0 Å². The normalized spacial score (nSPS) is 12.5. The van der Waals surface area contributed by atoms with Gasteiger partial charge in [-0.05, 0) is 34.6 Å². The predicted octanol–water partition coefficient (Wildman–Crippen LogP) is 1.25. The summed E-state index contributed by atoms with van der Waals surface area (Å²) in [5, 5.41) is 2.69. The van der Waals surface area contributed by atoms with Gasteiger partial charge in [0, 0.05) is 12.1 Å². The first-order valence-electron chi connectivity index (χ1n) is 4.37. The number of carbonyl (C=O) groups excluding carboxylic acids is 1. The summed E-state index contributed by atoms with van der Waals surface area (Å²) < 4.78 is 5.09. The minimum atomic E-state index is -0.602. The van der Waals surface area contributed by atoms with Crippen LogP contribution in [-0.4, -0.2) is 23.8 Å². The van der Waals surface area contributed by atoms with Crippen LogP contribution in [-0.2, 0) is 4.74 Å². The van der Waals surface area contributed by atoms with E-state index >= 15 is 0 Å². The second-order valence-electron chi connectivity index (χ2n) is 4.73. The number of hydrogen-bond donors (Lipinski definition) is 2. The fraction of sp³-hybridized carbons (Fsp3) is 0.889. The lowest BCUT2D eigenvalue weighted by molar-refractivity contribution is 0.0410. The summed E-state index contributed by atoms with van der Waals surface area (Å²) in [4.78, 5) is 11.2. The fourth-order valence-electron chi connectivity index (χ4n) is 0.624. The number of hydrogen-bond acceptors (Lipinski definition) is 3. The van der Waals surface area contributed by atoms with Crippen LogP contribution in [0.25, 0.3) is 0 Å². The molecule has 4 nitrogen and oxygen atoms in total. The lowest BCUT2D eigenvalue weighted by atomic mass is 10.1. The zero-order valence-corrected chi connectivity index (χ0v) is 9.10. The van der Waals surface area contributed by atoms with E-state index in [9.17, 15) is 4.79 Å². The molecule has 0 radical (unpaired) electrons. The van der Waals surface area contributed by atoms with E-state index in [1.54, 1.807) is 13.8 Å². The highest BCUT2D eigenvalue weighted by Gasteiger charge is 2.23. The average molecular weight is 188 g/mol. The van der Waals surface area contributed by atoms with Gasteiger partial charge in [0.2, 0.25) is 0 Å². The summed E-state index contributed by atoms with van der Waals surface area (Å²) in [7, 11) is 0. The summed E-state index contributed by atoms with van der Waals surface area (Å²) >= 11 is 0. The van der Waals surface area contributed by atoms with Crippen molar-refractivity contribution in [1.29, 1.82) is 0 Å². The number of amides is 1. The quantitative estimate of drug-likeness (QED) is 0.685. The van der Waals surface area contributed by atoms with Crippen molar-refractivity contribution in [2.24, 2.45) is 5.73 Å². The van der Waals surface area contributed by atoms with Crippen LogP contribution in [0.3, 0.4) is 0 Å². The minimum absolute atomic E-state index is 0.276. The molecule has 0 aliphatic heterocycles. The van der Waals surface area contributed by atoms with Gasteiger partial charge in [0.15, 0.2) is 0 Å². The molecule has 78 valence electrons. The predicted molar refractivity (Wildman–Crippen MR) is 52.5 cm³/mol. The van der Waals surface area contributed by atoms with Gasteiger partial charge >= 0.3 is 6.09 Å². The van der Waals surface area contributed by atoms with E-state index in [4.69, 9.17) is 10.5 Å². The average Bonchev–Trinajstić information content (AvgIpc) is 1.81. The number of nitrogens with two attached hydrogens (primary N) is 1. The molecule has 0 saturated carbocycles. The minimum Gasteiger partial charge on any atom is -0.442 e. The number of alkyl carbamates (subject to hydrolysis) is 1. The lowest BCUT2D eigenvalue weighted by Crippen LogP contribution is -2.46. The van der Waals surface area contributed by atoms with E-state index in [-0.39, 0.29) is 5.54 Å². The van der Waals surface area contributed by atoms with Crippen LogP contribution >= 0.6 is 0 Å². The Morgan fingerprint density at radius 2 is 1.77 bits per heavy atom. The molecule has 0 aromatic heterocycles. The van der Waals surface area contributed by atoms with Crippen LogP contribution in [0.1, 0.15) is 34.6 Å². The molecule has 4 heteroatoms. The summed E-state index contributed by atoms with van der Waals surface area (Å²) in [5.74, 6) is 0. The van der Waals surface area contributed by atoms with E-state index in [2.05, 4.69) is 5.32 Å². The van der Waals surface area contributed by atoms with Gasteiger partial charge in [-0.2, -0.15) is 0 Å². The van der Waals surface area contributed by atoms with Crippen LogP contribution in [0.5, 0.6) is 0 Å². The molecule has 0 fully saturated rings. The highest BCUT2D eigenvalue weighted by molar-refractivity contribution is 5.68. The Bertz CT molecular complexity index is 183.